The van der Waals surface area contributed by atoms with Gasteiger partial charge in [-0.15, -0.1) is 0 Å². The molecule has 0 saturated carbocycles. The lowest BCUT2D eigenvalue weighted by Crippen LogP contribution is -2.46. The lowest BCUT2D eigenvalue weighted by molar-refractivity contribution is -0.136. The Morgan fingerprint density at radius 2 is 1.40 bits per heavy atom. The Morgan fingerprint density at radius 1 is 0.900 bits per heavy atom. The highest BCUT2D eigenvalue weighted by Crippen LogP contribution is 2.09. The third-order valence-electron chi connectivity index (χ3n) is 3.08. The lowest BCUT2D eigenvalue weighted by atomic mass is 10.0. The Bertz CT molecular complexity index is 258. The molecule has 6 heteroatoms. The minimum atomic E-state index is -1.79. The molecular weight excluding hydrogens is 264 g/mol. The molecule has 0 amide bonds. The van der Waals surface area contributed by atoms with Crippen LogP contribution >= 0.6 is 0 Å². The van der Waals surface area contributed by atoms with E-state index in [2.05, 4.69) is 12.2 Å². The molecule has 0 bridgehead atoms. The summed E-state index contributed by atoms with van der Waals surface area (Å²) in [4.78, 5) is 9.90. The monoisotopic (exact) mass is 290 g/mol. The van der Waals surface area contributed by atoms with Crippen LogP contribution in [0.4, 0.5) is 0 Å². The summed E-state index contributed by atoms with van der Waals surface area (Å²) < 4.78 is 0. The van der Waals surface area contributed by atoms with E-state index >= 15 is 0 Å². The Labute approximate surface area is 119 Å². The Balaban J connectivity index is 0.000000388. The first kappa shape index (κ1) is 19.2. The third kappa shape index (κ3) is 8.39. The zero-order valence-electron chi connectivity index (χ0n) is 11.6. The lowest BCUT2D eigenvalue weighted by Gasteiger charge is -2.22. The highest BCUT2D eigenvalue weighted by atomic mass is 16.4. The van der Waals surface area contributed by atoms with Crippen LogP contribution in [0.15, 0.2) is 12.2 Å². The van der Waals surface area contributed by atoms with Gasteiger partial charge < -0.3 is 30.3 Å². The van der Waals surface area contributed by atoms with E-state index in [4.69, 9.17) is 25.5 Å². The second-order valence-electron chi connectivity index (χ2n) is 4.82. The maximum atomic E-state index is 9.90. The molecule has 5 N–H and O–H groups in total. The van der Waals surface area contributed by atoms with Gasteiger partial charge >= 0.3 is 0 Å². The van der Waals surface area contributed by atoms with Crippen LogP contribution in [0.1, 0.15) is 38.5 Å². The molecule has 1 aliphatic carbocycles. The predicted octanol–water partition coefficient (Wildman–Crippen LogP) is -0.482. The zero-order valence-corrected chi connectivity index (χ0v) is 11.6. The normalized spacial score (nSPS) is 21.4. The van der Waals surface area contributed by atoms with Crippen LogP contribution in [0.2, 0.25) is 0 Å². The molecular formula is C14H26O6. The van der Waals surface area contributed by atoms with Crippen LogP contribution in [-0.4, -0.2) is 62.8 Å². The van der Waals surface area contributed by atoms with Gasteiger partial charge in [0.25, 0.3) is 0 Å². The van der Waals surface area contributed by atoms with Crippen molar-refractivity contribution in [2.45, 2.75) is 62.9 Å². The largest absolute Gasteiger partial charge is 0.394 e. The molecule has 4 unspecified atom stereocenters. The smallest absolute Gasteiger partial charge is 0.151 e. The van der Waals surface area contributed by atoms with Gasteiger partial charge in [-0.05, 0) is 25.7 Å². The van der Waals surface area contributed by atoms with Crippen molar-refractivity contribution in [2.24, 2.45) is 0 Å². The fourth-order valence-electron chi connectivity index (χ4n) is 1.73. The van der Waals surface area contributed by atoms with E-state index in [9.17, 15) is 4.79 Å². The standard InChI is InChI=1S/C8H14.C6H12O6/c1-2-4-6-8-7-5-3-1;7-1-3(9)5(11)6(12)4(10)2-8/h1-2H,3-8H2;1,3-6,8-12H,2H2. The van der Waals surface area contributed by atoms with Gasteiger partial charge in [-0.1, -0.05) is 25.0 Å². The van der Waals surface area contributed by atoms with Crippen LogP contribution in [-0.2, 0) is 4.79 Å². The van der Waals surface area contributed by atoms with Crippen molar-refractivity contribution in [3.63, 3.8) is 0 Å². The van der Waals surface area contributed by atoms with Gasteiger partial charge in [-0.2, -0.15) is 0 Å². The molecule has 0 aromatic heterocycles. The van der Waals surface area contributed by atoms with E-state index in [1.807, 2.05) is 0 Å². The fourth-order valence-corrected chi connectivity index (χ4v) is 1.73. The molecule has 0 aliphatic heterocycles. The van der Waals surface area contributed by atoms with Crippen molar-refractivity contribution in [3.8, 4) is 0 Å². The number of carbonyl (C=O) groups is 1. The first-order valence-corrected chi connectivity index (χ1v) is 6.98. The molecule has 1 aliphatic rings. The number of aliphatic hydroxyl groups excluding tert-OH is 5. The molecule has 0 spiro atoms. The highest BCUT2D eigenvalue weighted by Gasteiger charge is 2.29. The molecule has 0 fully saturated rings. The topological polar surface area (TPSA) is 118 Å². The Kier molecular flexibility index (Phi) is 11.5. The van der Waals surface area contributed by atoms with Crippen LogP contribution in [0.5, 0.6) is 0 Å². The Hall–Kier alpha value is -0.790. The number of aldehydes is 1. The number of aliphatic hydroxyl groups is 5. The van der Waals surface area contributed by atoms with Gasteiger partial charge in [0.1, 0.15) is 24.4 Å². The van der Waals surface area contributed by atoms with Crippen LogP contribution in [0.25, 0.3) is 0 Å². The molecule has 1 rings (SSSR count). The highest BCUT2D eigenvalue weighted by molar-refractivity contribution is 5.56. The second kappa shape index (κ2) is 12.0. The first-order chi connectivity index (χ1) is 9.54. The van der Waals surface area contributed by atoms with E-state index in [1.165, 1.54) is 38.5 Å². The van der Waals surface area contributed by atoms with Crippen LogP contribution in [0.3, 0.4) is 0 Å². The van der Waals surface area contributed by atoms with Gasteiger partial charge in [0.15, 0.2) is 6.29 Å². The number of rotatable bonds is 5. The molecule has 0 aromatic rings. The molecule has 0 aromatic carbocycles. The van der Waals surface area contributed by atoms with Gasteiger partial charge in [0.05, 0.1) is 6.61 Å². The molecule has 0 heterocycles. The van der Waals surface area contributed by atoms with E-state index in [0.29, 0.717) is 0 Å². The van der Waals surface area contributed by atoms with E-state index in [-0.39, 0.29) is 6.29 Å². The fraction of sp³-hybridized carbons (Fsp3) is 0.786. The van der Waals surface area contributed by atoms with Crippen molar-refractivity contribution in [1.82, 2.24) is 0 Å². The maximum absolute atomic E-state index is 9.90. The average Bonchev–Trinajstić information content (AvgIpc) is 2.43. The summed E-state index contributed by atoms with van der Waals surface area (Å²) in [6.45, 7) is -0.760. The number of hydrogen-bond acceptors (Lipinski definition) is 6. The van der Waals surface area contributed by atoms with Gasteiger partial charge in [-0.25, -0.2) is 0 Å². The van der Waals surface area contributed by atoms with Crippen LogP contribution in [0, 0.1) is 0 Å². The summed E-state index contributed by atoms with van der Waals surface area (Å²) in [5.41, 5.74) is 0. The summed E-state index contributed by atoms with van der Waals surface area (Å²) in [5, 5.41) is 43.5. The van der Waals surface area contributed by atoms with Crippen LogP contribution < -0.4 is 0 Å². The molecule has 0 saturated heterocycles. The molecule has 20 heavy (non-hydrogen) atoms. The maximum Gasteiger partial charge on any atom is 0.151 e. The van der Waals surface area contributed by atoms with E-state index < -0.39 is 31.0 Å². The molecule has 6 nitrogen and oxygen atoms in total. The number of carbonyl (C=O) groups excluding carboxylic acids is 1. The molecule has 0 radical (unpaired) electrons. The minimum Gasteiger partial charge on any atom is -0.394 e. The van der Waals surface area contributed by atoms with Crippen molar-refractivity contribution in [1.29, 1.82) is 0 Å². The minimum absolute atomic E-state index is 0.0258. The summed E-state index contributed by atoms with van der Waals surface area (Å²) in [6.07, 6.45) is 6.16. The quantitative estimate of drug-likeness (QED) is 0.345. The SMILES string of the molecule is C1=CCCCCCC1.O=CC(O)C(O)C(O)C(O)CO. The first-order valence-electron chi connectivity index (χ1n) is 6.98. The van der Waals surface area contributed by atoms with E-state index in [0.717, 1.165) is 0 Å². The van der Waals surface area contributed by atoms with E-state index in [1.54, 1.807) is 0 Å². The van der Waals surface area contributed by atoms with Crippen molar-refractivity contribution in [2.75, 3.05) is 6.61 Å². The summed E-state index contributed by atoms with van der Waals surface area (Å²) in [6, 6.07) is 0. The third-order valence-corrected chi connectivity index (χ3v) is 3.08. The molecule has 4 atom stereocenters. The predicted molar refractivity (Wildman–Crippen MR) is 74.0 cm³/mol. The van der Waals surface area contributed by atoms with Crippen molar-refractivity contribution < 1.29 is 30.3 Å². The summed E-state index contributed by atoms with van der Waals surface area (Å²) in [7, 11) is 0. The number of allylic oxidation sites excluding steroid dienone is 2. The average molecular weight is 290 g/mol. The zero-order chi connectivity index (χ0) is 15.4. The summed E-state index contributed by atoms with van der Waals surface area (Å²) in [5.74, 6) is 0. The molecule has 118 valence electrons. The van der Waals surface area contributed by atoms with Gasteiger partial charge in [0, 0.05) is 0 Å². The second-order valence-corrected chi connectivity index (χ2v) is 4.82. The summed E-state index contributed by atoms with van der Waals surface area (Å²) >= 11 is 0. The Morgan fingerprint density at radius 3 is 1.80 bits per heavy atom. The van der Waals surface area contributed by atoms with Gasteiger partial charge in [0.2, 0.25) is 0 Å². The number of hydrogen-bond donors (Lipinski definition) is 5. The van der Waals surface area contributed by atoms with Gasteiger partial charge in [-0.3, -0.25) is 0 Å². The van der Waals surface area contributed by atoms with Crippen molar-refractivity contribution >= 4 is 6.29 Å². The van der Waals surface area contributed by atoms with Crippen molar-refractivity contribution in [3.05, 3.63) is 12.2 Å².